The van der Waals surface area contributed by atoms with Crippen molar-refractivity contribution in [2.75, 3.05) is 32.8 Å². The van der Waals surface area contributed by atoms with Gasteiger partial charge in [-0.05, 0) is 31.9 Å². The van der Waals surface area contributed by atoms with E-state index in [0.29, 0.717) is 25.4 Å². The average molecular weight is 437 g/mol. The first-order chi connectivity index (χ1) is 10.8. The maximum atomic E-state index is 13.0. The molecule has 1 unspecified atom stereocenters. The zero-order valence-electron chi connectivity index (χ0n) is 13.4. The second kappa shape index (κ2) is 11.4. The molecule has 130 valence electrons. The molecule has 7 heteroatoms. The molecule has 1 aliphatic rings. The SMILES string of the molecule is CCNC(=NCC1CCCO1)NCCOc1cccc(F)c1.I. The van der Waals surface area contributed by atoms with Gasteiger partial charge in [-0.15, -0.1) is 24.0 Å². The van der Waals surface area contributed by atoms with E-state index in [2.05, 4.69) is 15.6 Å². The molecule has 2 rings (SSSR count). The summed E-state index contributed by atoms with van der Waals surface area (Å²) in [5.74, 6) is 0.987. The standard InChI is InChI=1S/C16H24FN3O2.HI/c1-2-18-16(20-12-15-7-4-9-21-15)19-8-10-22-14-6-3-5-13(17)11-14;/h3,5-6,11,15H,2,4,7-10,12H2,1H3,(H2,18,19,20);1H. The van der Waals surface area contributed by atoms with Crippen molar-refractivity contribution in [2.45, 2.75) is 25.9 Å². The number of hydrogen-bond acceptors (Lipinski definition) is 3. The molecule has 1 aromatic rings. The van der Waals surface area contributed by atoms with Crippen LogP contribution < -0.4 is 15.4 Å². The maximum Gasteiger partial charge on any atom is 0.191 e. The predicted octanol–water partition coefficient (Wildman–Crippen LogP) is 2.56. The van der Waals surface area contributed by atoms with E-state index in [0.717, 1.165) is 32.0 Å². The van der Waals surface area contributed by atoms with Crippen molar-refractivity contribution < 1.29 is 13.9 Å². The molecule has 1 atom stereocenters. The van der Waals surface area contributed by atoms with Gasteiger partial charge in [0.15, 0.2) is 5.96 Å². The predicted molar refractivity (Wildman–Crippen MR) is 100 cm³/mol. The van der Waals surface area contributed by atoms with Crippen molar-refractivity contribution in [3.8, 4) is 5.75 Å². The Balaban J connectivity index is 0.00000264. The van der Waals surface area contributed by atoms with Gasteiger partial charge in [-0.2, -0.15) is 0 Å². The van der Waals surface area contributed by atoms with Gasteiger partial charge in [0.2, 0.25) is 0 Å². The molecule has 1 fully saturated rings. The fourth-order valence-electron chi connectivity index (χ4n) is 2.22. The quantitative estimate of drug-likeness (QED) is 0.298. The first-order valence-electron chi connectivity index (χ1n) is 7.80. The van der Waals surface area contributed by atoms with Crippen molar-refractivity contribution in [2.24, 2.45) is 4.99 Å². The van der Waals surface area contributed by atoms with E-state index in [1.165, 1.54) is 12.1 Å². The highest BCUT2D eigenvalue weighted by molar-refractivity contribution is 14.0. The molecule has 1 aliphatic heterocycles. The van der Waals surface area contributed by atoms with Crippen LogP contribution in [0.25, 0.3) is 0 Å². The second-order valence-electron chi connectivity index (χ2n) is 5.09. The van der Waals surface area contributed by atoms with Crippen molar-refractivity contribution in [1.29, 1.82) is 0 Å². The van der Waals surface area contributed by atoms with Gasteiger partial charge in [0.05, 0.1) is 19.2 Å². The molecule has 1 aromatic carbocycles. The normalized spacial score (nSPS) is 17.5. The Morgan fingerprint density at radius 3 is 3.00 bits per heavy atom. The lowest BCUT2D eigenvalue weighted by Gasteiger charge is -2.13. The highest BCUT2D eigenvalue weighted by atomic mass is 127. The van der Waals surface area contributed by atoms with E-state index in [1.54, 1.807) is 12.1 Å². The smallest absolute Gasteiger partial charge is 0.191 e. The summed E-state index contributed by atoms with van der Waals surface area (Å²) in [7, 11) is 0. The number of nitrogens with one attached hydrogen (secondary N) is 2. The van der Waals surface area contributed by atoms with E-state index in [1.807, 2.05) is 6.92 Å². The van der Waals surface area contributed by atoms with Crippen LogP contribution in [0.2, 0.25) is 0 Å². The largest absolute Gasteiger partial charge is 0.492 e. The van der Waals surface area contributed by atoms with Crippen LogP contribution in [0.15, 0.2) is 29.3 Å². The van der Waals surface area contributed by atoms with Crippen LogP contribution in [-0.2, 0) is 4.74 Å². The molecule has 0 spiro atoms. The number of hydrogen-bond donors (Lipinski definition) is 2. The number of aliphatic imine (C=N–C) groups is 1. The molecule has 0 amide bonds. The van der Waals surface area contributed by atoms with Crippen LogP contribution in [0.3, 0.4) is 0 Å². The summed E-state index contributed by atoms with van der Waals surface area (Å²) in [6.07, 6.45) is 2.43. The van der Waals surface area contributed by atoms with Crippen LogP contribution in [0, 0.1) is 5.82 Å². The molecule has 1 saturated heterocycles. The molecule has 0 aliphatic carbocycles. The zero-order chi connectivity index (χ0) is 15.6. The maximum absolute atomic E-state index is 13.0. The van der Waals surface area contributed by atoms with Gasteiger partial charge >= 0.3 is 0 Å². The Labute approximate surface area is 154 Å². The van der Waals surface area contributed by atoms with Crippen LogP contribution in [-0.4, -0.2) is 44.9 Å². The van der Waals surface area contributed by atoms with Crippen LogP contribution in [0.5, 0.6) is 5.75 Å². The van der Waals surface area contributed by atoms with Gasteiger partial charge in [-0.1, -0.05) is 6.07 Å². The van der Waals surface area contributed by atoms with E-state index < -0.39 is 0 Å². The number of nitrogens with zero attached hydrogens (tertiary/aromatic N) is 1. The first-order valence-corrected chi connectivity index (χ1v) is 7.80. The highest BCUT2D eigenvalue weighted by Crippen LogP contribution is 2.12. The fourth-order valence-corrected chi connectivity index (χ4v) is 2.22. The highest BCUT2D eigenvalue weighted by Gasteiger charge is 2.14. The van der Waals surface area contributed by atoms with E-state index in [9.17, 15) is 4.39 Å². The third-order valence-corrected chi connectivity index (χ3v) is 3.28. The van der Waals surface area contributed by atoms with E-state index >= 15 is 0 Å². The molecule has 23 heavy (non-hydrogen) atoms. The zero-order valence-corrected chi connectivity index (χ0v) is 15.7. The summed E-state index contributed by atoms with van der Waals surface area (Å²) >= 11 is 0. The molecular formula is C16H25FIN3O2. The van der Waals surface area contributed by atoms with Gasteiger partial charge in [-0.3, -0.25) is 4.99 Å². The lowest BCUT2D eigenvalue weighted by molar-refractivity contribution is 0.117. The summed E-state index contributed by atoms with van der Waals surface area (Å²) in [6.45, 7) is 5.35. The molecule has 0 radical (unpaired) electrons. The summed E-state index contributed by atoms with van der Waals surface area (Å²) in [4.78, 5) is 4.51. The molecular weight excluding hydrogens is 412 g/mol. The number of benzene rings is 1. The van der Waals surface area contributed by atoms with Gasteiger partial charge in [0, 0.05) is 19.2 Å². The summed E-state index contributed by atoms with van der Waals surface area (Å²) in [5.41, 5.74) is 0. The minimum Gasteiger partial charge on any atom is -0.492 e. The average Bonchev–Trinajstić information content (AvgIpc) is 3.02. The summed E-state index contributed by atoms with van der Waals surface area (Å²) in [6, 6.07) is 6.13. The third kappa shape index (κ3) is 7.83. The van der Waals surface area contributed by atoms with Crippen LogP contribution in [0.4, 0.5) is 4.39 Å². The molecule has 2 N–H and O–H groups in total. The van der Waals surface area contributed by atoms with E-state index in [4.69, 9.17) is 9.47 Å². The molecule has 5 nitrogen and oxygen atoms in total. The Hall–Kier alpha value is -1.09. The fraction of sp³-hybridized carbons (Fsp3) is 0.562. The van der Waals surface area contributed by atoms with Gasteiger partial charge in [0.25, 0.3) is 0 Å². The lowest BCUT2D eigenvalue weighted by Crippen LogP contribution is -2.39. The van der Waals surface area contributed by atoms with Crippen molar-refractivity contribution in [1.82, 2.24) is 10.6 Å². The second-order valence-corrected chi connectivity index (χ2v) is 5.09. The Bertz CT molecular complexity index is 482. The number of ether oxygens (including phenoxy) is 2. The Morgan fingerprint density at radius 2 is 2.30 bits per heavy atom. The third-order valence-electron chi connectivity index (χ3n) is 3.28. The van der Waals surface area contributed by atoms with Gasteiger partial charge < -0.3 is 20.1 Å². The molecule has 1 heterocycles. The number of guanidine groups is 1. The minimum absolute atomic E-state index is 0. The summed E-state index contributed by atoms with van der Waals surface area (Å²) < 4.78 is 24.1. The lowest BCUT2D eigenvalue weighted by atomic mass is 10.2. The monoisotopic (exact) mass is 437 g/mol. The molecule has 0 saturated carbocycles. The minimum atomic E-state index is -0.295. The molecule has 0 bridgehead atoms. The number of rotatable bonds is 7. The van der Waals surface area contributed by atoms with E-state index in [-0.39, 0.29) is 35.9 Å². The van der Waals surface area contributed by atoms with Crippen molar-refractivity contribution >= 4 is 29.9 Å². The van der Waals surface area contributed by atoms with Crippen LogP contribution in [0.1, 0.15) is 19.8 Å². The van der Waals surface area contributed by atoms with Crippen molar-refractivity contribution in [3.63, 3.8) is 0 Å². The molecule has 0 aromatic heterocycles. The Kier molecular flexibility index (Phi) is 9.93. The number of halogens is 2. The van der Waals surface area contributed by atoms with Gasteiger partial charge in [-0.25, -0.2) is 4.39 Å². The Morgan fingerprint density at radius 1 is 1.43 bits per heavy atom. The van der Waals surface area contributed by atoms with Crippen LogP contribution >= 0.6 is 24.0 Å². The topological polar surface area (TPSA) is 54.9 Å². The summed E-state index contributed by atoms with van der Waals surface area (Å²) in [5, 5.41) is 6.38. The van der Waals surface area contributed by atoms with Crippen molar-refractivity contribution in [3.05, 3.63) is 30.1 Å². The van der Waals surface area contributed by atoms with Gasteiger partial charge in [0.1, 0.15) is 18.2 Å². The first kappa shape index (κ1) is 20.0.